The van der Waals surface area contributed by atoms with Crippen LogP contribution >= 0.6 is 0 Å². The van der Waals surface area contributed by atoms with Crippen LogP contribution in [0.25, 0.3) is 0 Å². The molecule has 0 aliphatic carbocycles. The second-order valence-corrected chi connectivity index (χ2v) is 2.98. The Hall–Kier alpha value is -1.63. The van der Waals surface area contributed by atoms with Crippen molar-refractivity contribution >= 4 is 5.69 Å². The highest BCUT2D eigenvalue weighted by Crippen LogP contribution is 2.19. The van der Waals surface area contributed by atoms with Gasteiger partial charge in [-0.25, -0.2) is 13.2 Å². The molecule has 0 aliphatic heterocycles. The molecule has 1 aromatic rings. The van der Waals surface area contributed by atoms with Crippen molar-refractivity contribution in [2.75, 3.05) is 11.9 Å². The fourth-order valence-electron chi connectivity index (χ4n) is 1.11. The Morgan fingerprint density at radius 3 is 2.33 bits per heavy atom. The van der Waals surface area contributed by atoms with Crippen LogP contribution in [0.15, 0.2) is 12.1 Å². The fourth-order valence-corrected chi connectivity index (χ4v) is 1.11. The Bertz CT molecular complexity index is 359. The lowest BCUT2D eigenvalue weighted by molar-refractivity contribution is 0.547. The molecule has 0 atom stereocenters. The molecule has 0 amide bonds. The number of benzene rings is 1. The standard InChI is InChI=1S/C11H10F3N/c1-2-3-4-5-15-11-9(13)6-8(12)7-10(11)14/h1,6-7,15H,3-5H2. The van der Waals surface area contributed by atoms with Crippen LogP contribution in [-0.4, -0.2) is 6.54 Å². The summed E-state index contributed by atoms with van der Waals surface area (Å²) < 4.78 is 38.6. The van der Waals surface area contributed by atoms with E-state index in [1.54, 1.807) is 0 Å². The molecule has 0 spiro atoms. The van der Waals surface area contributed by atoms with Gasteiger partial charge in [0, 0.05) is 25.1 Å². The second-order valence-electron chi connectivity index (χ2n) is 2.98. The van der Waals surface area contributed by atoms with Crippen LogP contribution in [-0.2, 0) is 0 Å². The number of hydrogen-bond donors (Lipinski definition) is 1. The van der Waals surface area contributed by atoms with Crippen molar-refractivity contribution in [1.29, 1.82) is 0 Å². The highest BCUT2D eigenvalue weighted by molar-refractivity contribution is 5.46. The van der Waals surface area contributed by atoms with Gasteiger partial charge in [-0.15, -0.1) is 12.3 Å². The Kier molecular flexibility index (Phi) is 4.04. The molecule has 0 bridgehead atoms. The normalized spacial score (nSPS) is 9.73. The van der Waals surface area contributed by atoms with Crippen LogP contribution in [0.1, 0.15) is 12.8 Å². The average molecular weight is 213 g/mol. The number of hydrogen-bond acceptors (Lipinski definition) is 1. The fraction of sp³-hybridized carbons (Fsp3) is 0.273. The Balaban J connectivity index is 2.65. The third-order valence-corrected chi connectivity index (χ3v) is 1.81. The molecular formula is C11H10F3N. The Labute approximate surface area is 86.3 Å². The molecule has 0 saturated carbocycles. The third-order valence-electron chi connectivity index (χ3n) is 1.81. The maximum absolute atomic E-state index is 13.0. The zero-order chi connectivity index (χ0) is 11.3. The molecule has 4 heteroatoms. The summed E-state index contributed by atoms with van der Waals surface area (Å²) in [6.45, 7) is 0.351. The van der Waals surface area contributed by atoms with E-state index in [1.165, 1.54) is 0 Å². The summed E-state index contributed by atoms with van der Waals surface area (Å²) in [5.41, 5.74) is -0.312. The molecule has 0 unspecified atom stereocenters. The van der Waals surface area contributed by atoms with E-state index < -0.39 is 17.5 Å². The highest BCUT2D eigenvalue weighted by atomic mass is 19.1. The van der Waals surface area contributed by atoms with Crippen molar-refractivity contribution in [2.45, 2.75) is 12.8 Å². The Morgan fingerprint density at radius 1 is 1.20 bits per heavy atom. The summed E-state index contributed by atoms with van der Waals surface area (Å²) in [5.74, 6) is -0.400. The van der Waals surface area contributed by atoms with Gasteiger partial charge in [-0.2, -0.15) is 0 Å². The highest BCUT2D eigenvalue weighted by Gasteiger charge is 2.10. The van der Waals surface area contributed by atoms with E-state index in [-0.39, 0.29) is 5.69 Å². The van der Waals surface area contributed by atoms with E-state index in [9.17, 15) is 13.2 Å². The lowest BCUT2D eigenvalue weighted by Crippen LogP contribution is -2.05. The SMILES string of the molecule is C#CCCCNc1c(F)cc(F)cc1F. The van der Waals surface area contributed by atoms with E-state index in [0.717, 1.165) is 0 Å². The number of rotatable bonds is 4. The van der Waals surface area contributed by atoms with Gasteiger partial charge >= 0.3 is 0 Å². The first-order chi connectivity index (χ1) is 7.15. The number of terminal acetylenes is 1. The van der Waals surface area contributed by atoms with Gasteiger partial charge in [0.05, 0.1) is 0 Å². The molecule has 0 heterocycles. The molecule has 15 heavy (non-hydrogen) atoms. The number of anilines is 1. The molecule has 0 aromatic heterocycles. The van der Waals surface area contributed by atoms with Crippen molar-refractivity contribution in [1.82, 2.24) is 0 Å². The monoisotopic (exact) mass is 213 g/mol. The van der Waals surface area contributed by atoms with Crippen LogP contribution < -0.4 is 5.32 Å². The van der Waals surface area contributed by atoms with E-state index in [0.29, 0.717) is 31.5 Å². The van der Waals surface area contributed by atoms with Crippen LogP contribution in [0, 0.1) is 29.8 Å². The molecule has 1 rings (SSSR count). The smallest absolute Gasteiger partial charge is 0.152 e. The molecule has 0 aliphatic rings. The van der Waals surface area contributed by atoms with Crippen LogP contribution in [0.3, 0.4) is 0 Å². The van der Waals surface area contributed by atoms with Crippen molar-refractivity contribution in [2.24, 2.45) is 0 Å². The largest absolute Gasteiger partial charge is 0.380 e. The minimum atomic E-state index is -0.937. The van der Waals surface area contributed by atoms with Gasteiger partial charge in [-0.1, -0.05) is 0 Å². The zero-order valence-corrected chi connectivity index (χ0v) is 7.99. The first-order valence-electron chi connectivity index (χ1n) is 4.47. The van der Waals surface area contributed by atoms with Gasteiger partial charge in [0.2, 0.25) is 0 Å². The molecule has 80 valence electrons. The van der Waals surface area contributed by atoms with E-state index in [2.05, 4.69) is 11.2 Å². The maximum Gasteiger partial charge on any atom is 0.152 e. The van der Waals surface area contributed by atoms with Crippen LogP contribution in [0.5, 0.6) is 0 Å². The summed E-state index contributed by atoms with van der Waals surface area (Å²) >= 11 is 0. The van der Waals surface area contributed by atoms with Crippen LogP contribution in [0.4, 0.5) is 18.9 Å². The van der Waals surface area contributed by atoms with Gasteiger partial charge in [-0.3, -0.25) is 0 Å². The Morgan fingerprint density at radius 2 is 1.80 bits per heavy atom. The number of unbranched alkanes of at least 4 members (excludes halogenated alkanes) is 1. The first-order valence-corrected chi connectivity index (χ1v) is 4.47. The van der Waals surface area contributed by atoms with Crippen molar-refractivity contribution in [3.05, 3.63) is 29.6 Å². The zero-order valence-electron chi connectivity index (χ0n) is 7.99. The minimum Gasteiger partial charge on any atom is -0.380 e. The van der Waals surface area contributed by atoms with Crippen molar-refractivity contribution < 1.29 is 13.2 Å². The minimum absolute atomic E-state index is 0.312. The van der Waals surface area contributed by atoms with Crippen molar-refractivity contribution in [3.63, 3.8) is 0 Å². The van der Waals surface area contributed by atoms with Gasteiger partial charge < -0.3 is 5.32 Å². The quantitative estimate of drug-likeness (QED) is 0.599. The van der Waals surface area contributed by atoms with Gasteiger partial charge in [0.15, 0.2) is 11.6 Å². The van der Waals surface area contributed by atoms with Gasteiger partial charge in [-0.05, 0) is 6.42 Å². The molecule has 0 fully saturated rings. The molecular weight excluding hydrogens is 203 g/mol. The third kappa shape index (κ3) is 3.21. The molecule has 1 nitrogen and oxygen atoms in total. The maximum atomic E-state index is 13.0. The van der Waals surface area contributed by atoms with Crippen LogP contribution in [0.2, 0.25) is 0 Å². The van der Waals surface area contributed by atoms with E-state index in [1.807, 2.05) is 0 Å². The summed E-state index contributed by atoms with van der Waals surface area (Å²) in [7, 11) is 0. The topological polar surface area (TPSA) is 12.0 Å². The van der Waals surface area contributed by atoms with E-state index in [4.69, 9.17) is 6.42 Å². The first kappa shape index (κ1) is 11.4. The van der Waals surface area contributed by atoms with Gasteiger partial charge in [0.1, 0.15) is 11.5 Å². The molecule has 1 N–H and O–H groups in total. The average Bonchev–Trinajstić information content (AvgIpc) is 2.15. The van der Waals surface area contributed by atoms with Crippen molar-refractivity contribution in [3.8, 4) is 12.3 Å². The molecule has 1 aromatic carbocycles. The summed E-state index contributed by atoms with van der Waals surface area (Å²) in [5, 5.41) is 2.53. The second kappa shape index (κ2) is 5.30. The van der Waals surface area contributed by atoms with E-state index >= 15 is 0 Å². The van der Waals surface area contributed by atoms with Gasteiger partial charge in [0.25, 0.3) is 0 Å². The molecule has 0 saturated heterocycles. The predicted molar refractivity (Wildman–Crippen MR) is 52.9 cm³/mol. The predicted octanol–water partition coefficient (Wildman–Crippen LogP) is 2.93. The number of halogens is 3. The molecule has 0 radical (unpaired) electrons. The lowest BCUT2D eigenvalue weighted by Gasteiger charge is -2.07. The lowest BCUT2D eigenvalue weighted by atomic mass is 10.2. The summed E-state index contributed by atoms with van der Waals surface area (Å²) in [4.78, 5) is 0. The summed E-state index contributed by atoms with van der Waals surface area (Å²) in [6, 6.07) is 1.26. The summed E-state index contributed by atoms with van der Waals surface area (Å²) in [6.07, 6.45) is 6.14. The number of nitrogens with one attached hydrogen (secondary N) is 1.